The molecule has 0 unspecified atom stereocenters. The summed E-state index contributed by atoms with van der Waals surface area (Å²) in [5.41, 5.74) is 0. The van der Waals surface area contributed by atoms with Crippen LogP contribution in [0.15, 0.2) is 10.1 Å². The Kier molecular flexibility index (Phi) is 3.18. The highest BCUT2D eigenvalue weighted by atomic mass is 32.1. The molecule has 0 rings (SSSR count). The molecular weight excluding hydrogens is 140 g/mol. The molecule has 0 spiro atoms. The molecule has 0 heterocycles. The summed E-state index contributed by atoms with van der Waals surface area (Å²) in [6, 6.07) is 0. The predicted molar refractivity (Wildman–Crippen MR) is 38.2 cm³/mol. The highest BCUT2D eigenvalue weighted by molar-refractivity contribution is 7.88. The summed E-state index contributed by atoms with van der Waals surface area (Å²) in [5, 5.41) is 0.0895. The summed E-state index contributed by atoms with van der Waals surface area (Å²) < 4.78 is 0. The van der Waals surface area contributed by atoms with Crippen LogP contribution < -0.4 is 0 Å². The lowest BCUT2D eigenvalue weighted by Gasteiger charge is -1.81. The van der Waals surface area contributed by atoms with Gasteiger partial charge in [-0.3, -0.25) is 0 Å². The highest BCUT2D eigenvalue weighted by Gasteiger charge is 1.92. The summed E-state index contributed by atoms with van der Waals surface area (Å²) in [5.74, 6) is 0. The van der Waals surface area contributed by atoms with Gasteiger partial charge in [-0.1, -0.05) is 0 Å². The molecule has 0 atom stereocenters. The molecule has 0 amide bonds. The fraction of sp³-hybridized carbons (Fsp3) is 0. The quantitative estimate of drug-likeness (QED) is 0.377. The Morgan fingerprint density at radius 3 is 1.38 bits per heavy atom. The molecule has 40 valence electrons. The minimum absolute atomic E-state index is 0.0448. The van der Waals surface area contributed by atoms with E-state index in [1.54, 1.807) is 0 Å². The van der Waals surface area contributed by atoms with E-state index in [-0.39, 0.29) is 10.1 Å². The number of thiol groups is 2. The largest absolute Gasteiger partial charge is 0.243 e. The van der Waals surface area contributed by atoms with Crippen LogP contribution in [-0.2, 0) is 0 Å². The van der Waals surface area contributed by atoms with Crippen molar-refractivity contribution < 1.29 is 0 Å². The van der Waals surface area contributed by atoms with Crippen molar-refractivity contribution in [1.82, 2.24) is 0 Å². The molecule has 4 heteroatoms. The van der Waals surface area contributed by atoms with E-state index >= 15 is 0 Å². The smallest absolute Gasteiger partial charge is 0.231 e. The van der Waals surface area contributed by atoms with Gasteiger partial charge in [-0.15, -0.1) is 0 Å². The lowest BCUT2D eigenvalue weighted by atomic mass is 10.9. The van der Waals surface area contributed by atoms with Crippen LogP contribution in [0.1, 0.15) is 0 Å². The van der Waals surface area contributed by atoms with E-state index in [1.165, 1.54) is 0 Å². The third-order valence-electron chi connectivity index (χ3n) is 0.412. The van der Waals surface area contributed by atoms with Gasteiger partial charge in [0.25, 0.3) is 0 Å². The Balaban J connectivity index is 4.41. The van der Waals surface area contributed by atoms with Crippen molar-refractivity contribution in [2.24, 2.45) is 0 Å². The van der Waals surface area contributed by atoms with Crippen molar-refractivity contribution in [3.63, 3.8) is 0 Å². The fourth-order valence-corrected chi connectivity index (χ4v) is 0.200. The molecule has 0 bridgehead atoms. The van der Waals surface area contributed by atoms with E-state index in [4.69, 9.17) is 13.1 Å². The minimum atomic E-state index is 0.0448. The second-order valence-electron chi connectivity index (χ2n) is 0.871. The van der Waals surface area contributed by atoms with E-state index in [9.17, 15) is 0 Å². The second-order valence-corrected chi connectivity index (χ2v) is 1.72. The molecule has 0 aromatic heterocycles. The molecule has 0 N–H and O–H groups in total. The SMILES string of the molecule is [C-]#[N+]C(S)=C(S)[N+]#[C-]. The van der Waals surface area contributed by atoms with Gasteiger partial charge in [0.05, 0.1) is 13.1 Å². The standard InChI is InChI=1S/C4H2N2S2/c1-5-3(7)4(8)6-2/h7-8H. The first kappa shape index (κ1) is 7.42. The van der Waals surface area contributed by atoms with Gasteiger partial charge in [0, 0.05) is 0 Å². The first-order valence-electron chi connectivity index (χ1n) is 1.59. The maximum absolute atomic E-state index is 6.34. The molecule has 0 radical (unpaired) electrons. The van der Waals surface area contributed by atoms with Crippen molar-refractivity contribution in [2.75, 3.05) is 0 Å². The minimum Gasteiger partial charge on any atom is -0.243 e. The molecule has 0 saturated carbocycles. The molecule has 0 aromatic rings. The van der Waals surface area contributed by atoms with Crippen LogP contribution in [0.3, 0.4) is 0 Å². The van der Waals surface area contributed by atoms with Crippen LogP contribution in [0, 0.1) is 13.1 Å². The first-order valence-corrected chi connectivity index (χ1v) is 2.49. The molecule has 0 aromatic carbocycles. The van der Waals surface area contributed by atoms with Crippen LogP contribution in [-0.4, -0.2) is 0 Å². The van der Waals surface area contributed by atoms with Crippen molar-refractivity contribution in [1.29, 1.82) is 0 Å². The van der Waals surface area contributed by atoms with Gasteiger partial charge in [-0.05, 0) is 0 Å². The molecule has 0 aliphatic carbocycles. The molecule has 8 heavy (non-hydrogen) atoms. The maximum atomic E-state index is 6.34. The Hall–Kier alpha value is -0.580. The lowest BCUT2D eigenvalue weighted by molar-refractivity contribution is 1.85. The van der Waals surface area contributed by atoms with Crippen LogP contribution in [0.4, 0.5) is 0 Å². The first-order chi connectivity index (χ1) is 3.72. The third kappa shape index (κ3) is 1.92. The number of rotatable bonds is 0. The van der Waals surface area contributed by atoms with Gasteiger partial charge >= 0.3 is 0 Å². The predicted octanol–water partition coefficient (Wildman–Crippen LogP) is 1.81. The summed E-state index contributed by atoms with van der Waals surface area (Å²) in [6.07, 6.45) is 0. The third-order valence-corrected chi connectivity index (χ3v) is 1.21. The van der Waals surface area contributed by atoms with Gasteiger partial charge in [0.15, 0.2) is 0 Å². The second kappa shape index (κ2) is 3.43. The fourth-order valence-electron chi connectivity index (χ4n) is 0.100. The average molecular weight is 142 g/mol. The average Bonchev–Trinajstić information content (AvgIpc) is 1.84. The Morgan fingerprint density at radius 2 is 1.25 bits per heavy atom. The Bertz CT molecular complexity index is 171. The van der Waals surface area contributed by atoms with Crippen molar-refractivity contribution in [3.05, 3.63) is 32.9 Å². The highest BCUT2D eigenvalue weighted by Crippen LogP contribution is 2.13. The molecule has 0 saturated heterocycles. The number of hydrogen-bond acceptors (Lipinski definition) is 2. The molecule has 0 aliphatic rings. The Labute approximate surface area is 58.7 Å². The van der Waals surface area contributed by atoms with Crippen molar-refractivity contribution >= 4 is 25.3 Å². The molecule has 0 aliphatic heterocycles. The summed E-state index contributed by atoms with van der Waals surface area (Å²) in [6.45, 7) is 12.7. The number of nitrogens with zero attached hydrogens (tertiary/aromatic N) is 2. The van der Waals surface area contributed by atoms with E-state index in [2.05, 4.69) is 34.9 Å². The Morgan fingerprint density at radius 1 is 1.00 bits per heavy atom. The normalized spacial score (nSPS) is 11.0. The zero-order valence-electron chi connectivity index (χ0n) is 3.79. The van der Waals surface area contributed by atoms with Crippen molar-refractivity contribution in [3.8, 4) is 0 Å². The van der Waals surface area contributed by atoms with E-state index in [1.807, 2.05) is 0 Å². The van der Waals surface area contributed by atoms with E-state index in [0.29, 0.717) is 0 Å². The van der Waals surface area contributed by atoms with E-state index in [0.717, 1.165) is 0 Å². The van der Waals surface area contributed by atoms with Gasteiger partial charge in [0.1, 0.15) is 0 Å². The van der Waals surface area contributed by atoms with Gasteiger partial charge in [-0.2, -0.15) is 25.3 Å². The van der Waals surface area contributed by atoms with Crippen LogP contribution in [0.25, 0.3) is 9.69 Å². The van der Waals surface area contributed by atoms with Gasteiger partial charge in [-0.25, -0.2) is 9.69 Å². The molecule has 0 fully saturated rings. The maximum Gasteiger partial charge on any atom is 0.231 e. The molecular formula is C4H2N2S2. The van der Waals surface area contributed by atoms with Gasteiger partial charge < -0.3 is 0 Å². The molecule has 2 nitrogen and oxygen atoms in total. The van der Waals surface area contributed by atoms with Crippen molar-refractivity contribution in [2.45, 2.75) is 0 Å². The topological polar surface area (TPSA) is 8.72 Å². The lowest BCUT2D eigenvalue weighted by Crippen LogP contribution is -1.59. The van der Waals surface area contributed by atoms with Crippen LogP contribution >= 0.6 is 25.3 Å². The van der Waals surface area contributed by atoms with E-state index < -0.39 is 0 Å². The van der Waals surface area contributed by atoms with Gasteiger partial charge in [0.2, 0.25) is 10.1 Å². The number of hydrogen-bond donors (Lipinski definition) is 2. The van der Waals surface area contributed by atoms with Crippen LogP contribution in [0.5, 0.6) is 0 Å². The zero-order chi connectivity index (χ0) is 6.57. The van der Waals surface area contributed by atoms with Crippen LogP contribution in [0.2, 0.25) is 0 Å². The summed E-state index contributed by atoms with van der Waals surface area (Å²) in [7, 11) is 0. The summed E-state index contributed by atoms with van der Waals surface area (Å²) >= 11 is 7.28. The monoisotopic (exact) mass is 142 g/mol. The zero-order valence-corrected chi connectivity index (χ0v) is 5.58. The summed E-state index contributed by atoms with van der Waals surface area (Å²) in [4.78, 5) is 5.73.